The quantitative estimate of drug-likeness (QED) is 0.826. The molecule has 1 atom stereocenters. The van der Waals surface area contributed by atoms with E-state index in [9.17, 15) is 9.18 Å². The molecule has 1 unspecified atom stereocenters. The minimum Gasteiger partial charge on any atom is -0.445 e. The summed E-state index contributed by atoms with van der Waals surface area (Å²) >= 11 is 0. The first-order valence-electron chi connectivity index (χ1n) is 6.34. The number of hydrogen-bond acceptors (Lipinski definition) is 2. The molecule has 1 aromatic rings. The first kappa shape index (κ1) is 12.9. The van der Waals surface area contributed by atoms with Crippen LogP contribution in [0.5, 0.6) is 0 Å². The molecule has 0 spiro atoms. The third-order valence-corrected chi connectivity index (χ3v) is 3.24. The summed E-state index contributed by atoms with van der Waals surface area (Å²) in [6, 6.07) is 9.20. The highest BCUT2D eigenvalue weighted by atomic mass is 19.1. The lowest BCUT2D eigenvalue weighted by Gasteiger charge is -2.33. The second-order valence-electron chi connectivity index (χ2n) is 4.54. The number of nitrogens with zero attached hydrogens (tertiary/aromatic N) is 1. The molecule has 0 aliphatic carbocycles. The fraction of sp³-hybridized carbons (Fsp3) is 0.500. The van der Waals surface area contributed by atoms with Crippen LogP contribution >= 0.6 is 0 Å². The number of piperidine rings is 1. The van der Waals surface area contributed by atoms with E-state index in [0.717, 1.165) is 24.8 Å². The molecule has 1 saturated heterocycles. The van der Waals surface area contributed by atoms with Crippen molar-refractivity contribution in [3.8, 4) is 0 Å². The lowest BCUT2D eigenvalue weighted by Crippen LogP contribution is -2.45. The Morgan fingerprint density at radius 1 is 1.33 bits per heavy atom. The number of benzene rings is 1. The predicted octanol–water partition coefficient (Wildman–Crippen LogP) is 3.15. The molecule has 2 rings (SSSR count). The molecule has 0 radical (unpaired) electrons. The number of hydrogen-bond donors (Lipinski definition) is 0. The minimum absolute atomic E-state index is 0.245. The van der Waals surface area contributed by atoms with Crippen LogP contribution in [0.2, 0.25) is 0 Å². The van der Waals surface area contributed by atoms with Gasteiger partial charge in [0, 0.05) is 6.54 Å². The Bertz CT molecular complexity index is 383. The van der Waals surface area contributed by atoms with Crippen LogP contribution in [0.15, 0.2) is 30.3 Å². The molecule has 1 aliphatic rings. The number of halogens is 1. The second-order valence-corrected chi connectivity index (χ2v) is 4.54. The number of likely N-dealkylation sites (tertiary alicyclic amines) is 1. The maximum absolute atomic E-state index is 12.8. The summed E-state index contributed by atoms with van der Waals surface area (Å²) in [4.78, 5) is 13.4. The van der Waals surface area contributed by atoms with Gasteiger partial charge >= 0.3 is 6.09 Å². The molecule has 1 heterocycles. The molecule has 1 aromatic carbocycles. The molecule has 4 heteroatoms. The van der Waals surface area contributed by atoms with Gasteiger partial charge in [-0.3, -0.25) is 0 Å². The topological polar surface area (TPSA) is 29.5 Å². The summed E-state index contributed by atoms with van der Waals surface area (Å²) in [5.74, 6) is 0. The Morgan fingerprint density at radius 2 is 2.11 bits per heavy atom. The van der Waals surface area contributed by atoms with Crippen LogP contribution in [0.3, 0.4) is 0 Å². The molecule has 1 fully saturated rings. The number of rotatable bonds is 3. The molecule has 18 heavy (non-hydrogen) atoms. The van der Waals surface area contributed by atoms with Crippen molar-refractivity contribution in [2.75, 3.05) is 13.2 Å². The second kappa shape index (κ2) is 6.38. The average molecular weight is 251 g/mol. The molecule has 98 valence electrons. The van der Waals surface area contributed by atoms with Gasteiger partial charge in [-0.05, 0) is 24.8 Å². The van der Waals surface area contributed by atoms with E-state index in [1.165, 1.54) is 4.90 Å². The molecule has 0 bridgehead atoms. The fourth-order valence-corrected chi connectivity index (χ4v) is 2.20. The Labute approximate surface area is 107 Å². The first-order valence-corrected chi connectivity index (χ1v) is 6.34. The Hall–Kier alpha value is -1.58. The zero-order valence-electron chi connectivity index (χ0n) is 10.3. The monoisotopic (exact) mass is 251 g/mol. The van der Waals surface area contributed by atoms with Crippen LogP contribution in [-0.4, -0.2) is 30.3 Å². The van der Waals surface area contributed by atoms with Crippen LogP contribution in [0.25, 0.3) is 0 Å². The van der Waals surface area contributed by atoms with Gasteiger partial charge in [0.15, 0.2) is 0 Å². The van der Waals surface area contributed by atoms with Crippen molar-refractivity contribution >= 4 is 6.09 Å². The van der Waals surface area contributed by atoms with E-state index in [2.05, 4.69) is 0 Å². The molecule has 3 nitrogen and oxygen atoms in total. The normalized spacial score (nSPS) is 19.6. The van der Waals surface area contributed by atoms with Crippen LogP contribution in [-0.2, 0) is 11.3 Å². The van der Waals surface area contributed by atoms with E-state index < -0.39 is 12.8 Å². The average Bonchev–Trinajstić information content (AvgIpc) is 2.45. The van der Waals surface area contributed by atoms with Crippen molar-refractivity contribution in [1.29, 1.82) is 0 Å². The van der Waals surface area contributed by atoms with Crippen molar-refractivity contribution in [3.05, 3.63) is 35.9 Å². The van der Waals surface area contributed by atoms with Gasteiger partial charge in [-0.1, -0.05) is 30.3 Å². The maximum atomic E-state index is 12.8. The van der Waals surface area contributed by atoms with Crippen LogP contribution in [0.1, 0.15) is 24.8 Å². The lowest BCUT2D eigenvalue weighted by molar-refractivity contribution is 0.0614. The van der Waals surface area contributed by atoms with Gasteiger partial charge in [0.05, 0.1) is 6.04 Å². The summed E-state index contributed by atoms with van der Waals surface area (Å²) in [7, 11) is 0. The molecule has 0 N–H and O–H groups in total. The van der Waals surface area contributed by atoms with Crippen LogP contribution in [0.4, 0.5) is 9.18 Å². The Morgan fingerprint density at radius 3 is 2.83 bits per heavy atom. The molecular formula is C14H18FNO2. The standard InChI is InChI=1S/C14H18FNO2/c15-10-13-8-4-5-9-16(13)14(17)18-11-12-6-2-1-3-7-12/h1-3,6-7,13H,4-5,8-11H2. The Kier molecular flexibility index (Phi) is 4.56. The van der Waals surface area contributed by atoms with Gasteiger partial charge in [-0.2, -0.15) is 0 Å². The van der Waals surface area contributed by atoms with E-state index >= 15 is 0 Å². The lowest BCUT2D eigenvalue weighted by atomic mass is 10.0. The van der Waals surface area contributed by atoms with Crippen molar-refractivity contribution < 1.29 is 13.9 Å². The Balaban J connectivity index is 1.87. The highest BCUT2D eigenvalue weighted by molar-refractivity contribution is 5.68. The molecule has 0 aromatic heterocycles. The third kappa shape index (κ3) is 3.22. The summed E-state index contributed by atoms with van der Waals surface area (Å²) in [6.07, 6.45) is 2.24. The highest BCUT2D eigenvalue weighted by Crippen LogP contribution is 2.18. The number of carbonyl (C=O) groups excluding carboxylic acids is 1. The van der Waals surface area contributed by atoms with Crippen molar-refractivity contribution in [2.45, 2.75) is 31.9 Å². The highest BCUT2D eigenvalue weighted by Gasteiger charge is 2.27. The van der Waals surface area contributed by atoms with Gasteiger partial charge in [0.25, 0.3) is 0 Å². The van der Waals surface area contributed by atoms with Gasteiger partial charge in [0.1, 0.15) is 13.3 Å². The largest absolute Gasteiger partial charge is 0.445 e. The molecule has 1 amide bonds. The number of amides is 1. The fourth-order valence-electron chi connectivity index (χ4n) is 2.20. The van der Waals surface area contributed by atoms with E-state index in [4.69, 9.17) is 4.74 Å². The SMILES string of the molecule is O=C(OCc1ccccc1)N1CCCCC1CF. The molecule has 0 saturated carbocycles. The zero-order valence-corrected chi connectivity index (χ0v) is 10.3. The van der Waals surface area contributed by atoms with E-state index in [0.29, 0.717) is 6.54 Å². The van der Waals surface area contributed by atoms with Crippen molar-refractivity contribution in [1.82, 2.24) is 4.90 Å². The zero-order chi connectivity index (χ0) is 12.8. The smallest absolute Gasteiger partial charge is 0.410 e. The number of alkyl halides is 1. The number of carbonyl (C=O) groups is 1. The minimum atomic E-state index is -0.486. The number of ether oxygens (including phenoxy) is 1. The van der Waals surface area contributed by atoms with Crippen LogP contribution in [0, 0.1) is 0 Å². The molecular weight excluding hydrogens is 233 g/mol. The predicted molar refractivity (Wildman–Crippen MR) is 66.9 cm³/mol. The summed E-state index contributed by atoms with van der Waals surface area (Å²) in [5.41, 5.74) is 0.944. The van der Waals surface area contributed by atoms with E-state index in [-0.39, 0.29) is 12.6 Å². The van der Waals surface area contributed by atoms with Gasteiger partial charge < -0.3 is 9.64 Å². The summed E-state index contributed by atoms with van der Waals surface area (Å²) < 4.78 is 18.0. The van der Waals surface area contributed by atoms with E-state index in [1.54, 1.807) is 0 Å². The first-order chi connectivity index (χ1) is 8.81. The van der Waals surface area contributed by atoms with Crippen molar-refractivity contribution in [2.24, 2.45) is 0 Å². The van der Waals surface area contributed by atoms with Gasteiger partial charge in [-0.25, -0.2) is 9.18 Å². The van der Waals surface area contributed by atoms with E-state index in [1.807, 2.05) is 30.3 Å². The molecule has 1 aliphatic heterocycles. The van der Waals surface area contributed by atoms with Gasteiger partial charge in [0.2, 0.25) is 0 Å². The summed E-state index contributed by atoms with van der Waals surface area (Å²) in [5, 5.41) is 0. The van der Waals surface area contributed by atoms with Crippen LogP contribution < -0.4 is 0 Å². The maximum Gasteiger partial charge on any atom is 0.410 e. The summed E-state index contributed by atoms with van der Waals surface area (Å²) in [6.45, 7) is 0.359. The van der Waals surface area contributed by atoms with Crippen molar-refractivity contribution in [3.63, 3.8) is 0 Å². The third-order valence-electron chi connectivity index (χ3n) is 3.24. The van der Waals surface area contributed by atoms with Gasteiger partial charge in [-0.15, -0.1) is 0 Å².